The first kappa shape index (κ1) is 18.1. The molecule has 1 aliphatic rings. The van der Waals surface area contributed by atoms with E-state index in [-0.39, 0.29) is 5.91 Å². The van der Waals surface area contributed by atoms with E-state index < -0.39 is 0 Å². The second-order valence-electron chi connectivity index (χ2n) is 6.21. The fraction of sp³-hybridized carbons (Fsp3) is 0.421. The highest BCUT2D eigenvalue weighted by Gasteiger charge is 2.17. The van der Waals surface area contributed by atoms with Gasteiger partial charge in [-0.3, -0.25) is 4.79 Å². The van der Waals surface area contributed by atoms with Gasteiger partial charge in [0.25, 0.3) is 5.91 Å². The van der Waals surface area contributed by atoms with Gasteiger partial charge in [-0.2, -0.15) is 0 Å². The summed E-state index contributed by atoms with van der Waals surface area (Å²) < 4.78 is 5.13. The lowest BCUT2D eigenvalue weighted by atomic mass is 10.2. The second-order valence-corrected chi connectivity index (χ2v) is 6.21. The largest absolute Gasteiger partial charge is 0.497 e. The van der Waals surface area contributed by atoms with Crippen molar-refractivity contribution in [1.82, 2.24) is 20.2 Å². The van der Waals surface area contributed by atoms with E-state index in [1.165, 1.54) is 0 Å². The summed E-state index contributed by atoms with van der Waals surface area (Å²) in [5.74, 6) is 1.39. The van der Waals surface area contributed by atoms with E-state index >= 15 is 0 Å². The monoisotopic (exact) mass is 355 g/mol. The quantitative estimate of drug-likeness (QED) is 0.848. The van der Waals surface area contributed by atoms with Crippen LogP contribution in [0.15, 0.2) is 36.7 Å². The molecule has 138 valence electrons. The van der Waals surface area contributed by atoms with Gasteiger partial charge < -0.3 is 19.9 Å². The molecular formula is C19H25N5O2. The number of nitrogens with one attached hydrogen (secondary N) is 1. The van der Waals surface area contributed by atoms with Gasteiger partial charge in [-0.1, -0.05) is 19.1 Å². The molecule has 0 radical (unpaired) electrons. The maximum absolute atomic E-state index is 12.3. The molecule has 0 atom stereocenters. The summed E-state index contributed by atoms with van der Waals surface area (Å²) in [7, 11) is 1.63. The number of rotatable bonds is 6. The number of carbonyl (C=O) groups excluding carboxylic acids is 1. The van der Waals surface area contributed by atoms with Gasteiger partial charge in [-0.05, 0) is 24.2 Å². The lowest BCUT2D eigenvalue weighted by molar-refractivity contribution is 0.0945. The zero-order valence-corrected chi connectivity index (χ0v) is 15.3. The summed E-state index contributed by atoms with van der Waals surface area (Å²) in [6, 6.07) is 7.58. The summed E-state index contributed by atoms with van der Waals surface area (Å²) >= 11 is 0. The minimum atomic E-state index is -0.226. The normalized spacial score (nSPS) is 14.9. The smallest absolute Gasteiger partial charge is 0.271 e. The molecule has 1 aliphatic heterocycles. The first-order chi connectivity index (χ1) is 12.7. The summed E-state index contributed by atoms with van der Waals surface area (Å²) in [4.78, 5) is 25.6. The Labute approximate surface area is 154 Å². The molecule has 1 fully saturated rings. The number of likely N-dealkylation sites (N-methyl/N-ethyl adjacent to an activating group) is 1. The Morgan fingerprint density at radius 2 is 1.85 bits per heavy atom. The summed E-state index contributed by atoms with van der Waals surface area (Å²) in [6.45, 7) is 7.62. The summed E-state index contributed by atoms with van der Waals surface area (Å²) in [5.41, 5.74) is 1.33. The molecule has 0 spiro atoms. The lowest BCUT2D eigenvalue weighted by Gasteiger charge is -2.34. The van der Waals surface area contributed by atoms with Crippen molar-refractivity contribution in [2.75, 3.05) is 44.7 Å². The van der Waals surface area contributed by atoms with Crippen LogP contribution in [0.2, 0.25) is 0 Å². The van der Waals surface area contributed by atoms with Crippen molar-refractivity contribution >= 4 is 11.7 Å². The predicted octanol–water partition coefficient (Wildman–Crippen LogP) is 1.56. The van der Waals surface area contributed by atoms with Crippen LogP contribution in [-0.4, -0.2) is 60.6 Å². The van der Waals surface area contributed by atoms with Crippen molar-refractivity contribution in [2.45, 2.75) is 13.5 Å². The predicted molar refractivity (Wildman–Crippen MR) is 101 cm³/mol. The van der Waals surface area contributed by atoms with Crippen LogP contribution >= 0.6 is 0 Å². The molecule has 2 aromatic rings. The molecule has 1 saturated heterocycles. The molecule has 1 amide bonds. The van der Waals surface area contributed by atoms with Crippen LogP contribution in [0.25, 0.3) is 0 Å². The molecule has 1 aromatic heterocycles. The molecule has 26 heavy (non-hydrogen) atoms. The number of amides is 1. The van der Waals surface area contributed by atoms with E-state index in [0.29, 0.717) is 12.2 Å². The highest BCUT2D eigenvalue weighted by molar-refractivity contribution is 5.91. The van der Waals surface area contributed by atoms with Gasteiger partial charge in [0.05, 0.1) is 19.5 Å². The number of piperazine rings is 1. The number of benzene rings is 1. The first-order valence-corrected chi connectivity index (χ1v) is 8.90. The third-order valence-electron chi connectivity index (χ3n) is 4.63. The topological polar surface area (TPSA) is 70.6 Å². The van der Waals surface area contributed by atoms with Crippen LogP contribution in [0.3, 0.4) is 0 Å². The van der Waals surface area contributed by atoms with E-state index in [0.717, 1.165) is 49.9 Å². The Bertz CT molecular complexity index is 710. The van der Waals surface area contributed by atoms with Crippen molar-refractivity contribution in [3.05, 3.63) is 47.9 Å². The molecule has 7 heteroatoms. The first-order valence-electron chi connectivity index (χ1n) is 8.90. The third-order valence-corrected chi connectivity index (χ3v) is 4.63. The maximum Gasteiger partial charge on any atom is 0.271 e. The van der Waals surface area contributed by atoms with Gasteiger partial charge in [0.15, 0.2) is 0 Å². The van der Waals surface area contributed by atoms with Crippen molar-refractivity contribution < 1.29 is 9.53 Å². The number of nitrogens with zero attached hydrogens (tertiary/aromatic N) is 4. The van der Waals surface area contributed by atoms with Gasteiger partial charge in [0.2, 0.25) is 0 Å². The van der Waals surface area contributed by atoms with Crippen LogP contribution < -0.4 is 15.0 Å². The molecule has 1 aromatic carbocycles. The Morgan fingerprint density at radius 3 is 2.42 bits per heavy atom. The molecule has 7 nitrogen and oxygen atoms in total. The fourth-order valence-corrected chi connectivity index (χ4v) is 2.91. The zero-order chi connectivity index (χ0) is 18.4. The van der Waals surface area contributed by atoms with Gasteiger partial charge in [0.1, 0.15) is 17.3 Å². The average molecular weight is 355 g/mol. The lowest BCUT2D eigenvalue weighted by Crippen LogP contribution is -2.46. The Morgan fingerprint density at radius 1 is 1.12 bits per heavy atom. The number of anilines is 1. The van der Waals surface area contributed by atoms with E-state index in [1.54, 1.807) is 19.5 Å². The molecule has 1 N–H and O–H groups in total. The molecule has 0 bridgehead atoms. The standard InChI is InChI=1S/C19H25N5O2/c1-3-23-8-10-24(11-9-23)18-14-20-17(13-21-18)19(25)22-12-15-4-6-16(26-2)7-5-15/h4-7,13-14H,3,8-12H2,1-2H3,(H,22,25). The number of hydrogen-bond acceptors (Lipinski definition) is 6. The van der Waals surface area contributed by atoms with Gasteiger partial charge in [-0.15, -0.1) is 0 Å². The van der Waals surface area contributed by atoms with E-state index in [2.05, 4.69) is 32.0 Å². The van der Waals surface area contributed by atoms with E-state index in [4.69, 9.17) is 4.74 Å². The highest BCUT2D eigenvalue weighted by atomic mass is 16.5. The SMILES string of the molecule is CCN1CCN(c2cnc(C(=O)NCc3ccc(OC)cc3)cn2)CC1. The highest BCUT2D eigenvalue weighted by Crippen LogP contribution is 2.13. The Hall–Kier alpha value is -2.67. The van der Waals surface area contributed by atoms with Crippen molar-refractivity contribution in [1.29, 1.82) is 0 Å². The van der Waals surface area contributed by atoms with Crippen molar-refractivity contribution in [3.63, 3.8) is 0 Å². The van der Waals surface area contributed by atoms with Crippen LogP contribution in [0.4, 0.5) is 5.82 Å². The minimum absolute atomic E-state index is 0.226. The molecule has 0 unspecified atom stereocenters. The van der Waals surface area contributed by atoms with Gasteiger partial charge in [-0.25, -0.2) is 9.97 Å². The summed E-state index contributed by atoms with van der Waals surface area (Å²) in [6.07, 6.45) is 3.23. The van der Waals surface area contributed by atoms with Crippen LogP contribution in [-0.2, 0) is 6.54 Å². The number of aromatic nitrogens is 2. The Kier molecular flexibility index (Phi) is 6.01. The van der Waals surface area contributed by atoms with Crippen molar-refractivity contribution in [3.8, 4) is 5.75 Å². The van der Waals surface area contributed by atoms with Crippen LogP contribution in [0.1, 0.15) is 23.0 Å². The maximum atomic E-state index is 12.3. The number of ether oxygens (including phenoxy) is 1. The fourth-order valence-electron chi connectivity index (χ4n) is 2.91. The second kappa shape index (κ2) is 8.62. The minimum Gasteiger partial charge on any atom is -0.497 e. The number of methoxy groups -OCH3 is 1. The molecule has 0 aliphatic carbocycles. The molecular weight excluding hydrogens is 330 g/mol. The molecule has 0 saturated carbocycles. The van der Waals surface area contributed by atoms with Crippen LogP contribution in [0, 0.1) is 0 Å². The Balaban J connectivity index is 1.53. The third kappa shape index (κ3) is 4.49. The molecule has 2 heterocycles. The number of carbonyl (C=O) groups is 1. The average Bonchev–Trinajstić information content (AvgIpc) is 2.72. The van der Waals surface area contributed by atoms with Crippen LogP contribution in [0.5, 0.6) is 5.75 Å². The van der Waals surface area contributed by atoms with E-state index in [1.807, 2.05) is 24.3 Å². The molecule has 3 rings (SSSR count). The number of hydrogen-bond donors (Lipinski definition) is 1. The van der Waals surface area contributed by atoms with Crippen molar-refractivity contribution in [2.24, 2.45) is 0 Å². The van der Waals surface area contributed by atoms with Gasteiger partial charge in [0, 0.05) is 32.7 Å². The zero-order valence-electron chi connectivity index (χ0n) is 15.3. The van der Waals surface area contributed by atoms with Gasteiger partial charge >= 0.3 is 0 Å². The van der Waals surface area contributed by atoms with E-state index in [9.17, 15) is 4.79 Å². The summed E-state index contributed by atoms with van der Waals surface area (Å²) in [5, 5.41) is 2.86.